The van der Waals surface area contributed by atoms with Gasteiger partial charge in [-0.05, 0) is 0 Å². The number of amides is 2. The minimum atomic E-state index is -4.87. The molecule has 0 spiro atoms. The van der Waals surface area contributed by atoms with Gasteiger partial charge in [0.1, 0.15) is 0 Å². The summed E-state index contributed by atoms with van der Waals surface area (Å²) in [5, 5.41) is 0. The minimum absolute atomic E-state index is 0.218. The van der Waals surface area contributed by atoms with Gasteiger partial charge in [-0.3, -0.25) is 19.3 Å². The van der Waals surface area contributed by atoms with E-state index in [2.05, 4.69) is 4.98 Å². The van der Waals surface area contributed by atoms with Gasteiger partial charge in [-0.2, -0.15) is 17.8 Å². The van der Waals surface area contributed by atoms with Crippen molar-refractivity contribution in [2.75, 3.05) is 17.3 Å². The van der Waals surface area contributed by atoms with Gasteiger partial charge in [0.25, 0.3) is 5.56 Å². The van der Waals surface area contributed by atoms with E-state index >= 15 is 0 Å². The molecule has 1 fully saturated rings. The molecule has 2 heterocycles. The maximum atomic E-state index is 12.6. The van der Waals surface area contributed by atoms with Crippen LogP contribution < -0.4 is 22.0 Å². The van der Waals surface area contributed by atoms with Gasteiger partial charge in [-0.1, -0.05) is 0 Å². The van der Waals surface area contributed by atoms with Crippen LogP contribution in [0.15, 0.2) is 10.9 Å². The topological polar surface area (TPSA) is 124 Å². The lowest BCUT2D eigenvalue weighted by molar-refractivity contribution is -0.141. The molecule has 1 aromatic heterocycles. The van der Waals surface area contributed by atoms with Crippen LogP contribution in [0.5, 0.6) is 0 Å². The monoisotopic (exact) mass is 305 g/mol. The average molecular weight is 305 g/mol. The molecule has 1 aliphatic heterocycles. The Bertz CT molecular complexity index is 669. The molecule has 4 N–H and O–H groups in total. The van der Waals surface area contributed by atoms with Crippen molar-refractivity contribution in [3.8, 4) is 0 Å². The van der Waals surface area contributed by atoms with E-state index in [-0.39, 0.29) is 19.0 Å². The number of primary amides is 1. The number of alkyl halides is 3. The highest BCUT2D eigenvalue weighted by atomic mass is 19.4. The molecule has 1 atom stereocenters. The van der Waals surface area contributed by atoms with Crippen LogP contribution in [0.1, 0.15) is 12.1 Å². The van der Waals surface area contributed by atoms with Crippen molar-refractivity contribution < 1.29 is 22.8 Å². The number of rotatable bonds is 2. The second-order valence-electron chi connectivity index (χ2n) is 4.46. The van der Waals surface area contributed by atoms with Crippen LogP contribution in [0.3, 0.4) is 0 Å². The van der Waals surface area contributed by atoms with Crippen LogP contribution >= 0.6 is 0 Å². The molecule has 0 saturated carbocycles. The highest BCUT2D eigenvalue weighted by molar-refractivity contribution is 5.98. The van der Waals surface area contributed by atoms with Crippen molar-refractivity contribution in [1.82, 2.24) is 9.66 Å². The van der Waals surface area contributed by atoms with Gasteiger partial charge >= 0.3 is 6.18 Å². The predicted octanol–water partition coefficient (Wildman–Crippen LogP) is -1.19. The fraction of sp³-hybridized carbons (Fsp3) is 0.400. The first-order valence-electron chi connectivity index (χ1n) is 5.67. The van der Waals surface area contributed by atoms with E-state index in [1.54, 1.807) is 0 Å². The second kappa shape index (κ2) is 4.75. The summed E-state index contributed by atoms with van der Waals surface area (Å²) in [5.74, 6) is 2.31. The lowest BCUT2D eigenvalue weighted by Crippen LogP contribution is -2.39. The molecule has 1 unspecified atom stereocenters. The first-order chi connectivity index (χ1) is 9.61. The molecular weight excluding hydrogens is 295 g/mol. The van der Waals surface area contributed by atoms with Gasteiger partial charge in [0, 0.05) is 19.0 Å². The number of hydrogen-bond donors (Lipinski definition) is 2. The van der Waals surface area contributed by atoms with Crippen LogP contribution in [0.4, 0.5) is 19.1 Å². The third kappa shape index (κ3) is 2.66. The summed E-state index contributed by atoms with van der Waals surface area (Å²) >= 11 is 0. The zero-order valence-electron chi connectivity index (χ0n) is 10.4. The Hall–Kier alpha value is -2.59. The van der Waals surface area contributed by atoms with E-state index in [9.17, 15) is 27.6 Å². The largest absolute Gasteiger partial charge is 0.433 e. The van der Waals surface area contributed by atoms with Gasteiger partial charge in [0.2, 0.25) is 17.8 Å². The second-order valence-corrected chi connectivity index (χ2v) is 4.46. The van der Waals surface area contributed by atoms with Gasteiger partial charge in [0.05, 0.1) is 5.92 Å². The molecule has 11 heteroatoms. The lowest BCUT2D eigenvalue weighted by atomic mass is 10.1. The number of carbonyl (C=O) groups excluding carboxylic acids is 2. The normalized spacial score (nSPS) is 19.1. The fourth-order valence-electron chi connectivity index (χ4n) is 1.91. The SMILES string of the molecule is NC(=O)C1CC(=O)N(c2nc(C(F)(F)F)cc(=O)n2N)C1. The lowest BCUT2D eigenvalue weighted by Gasteiger charge is -2.18. The Balaban J connectivity index is 2.49. The summed E-state index contributed by atoms with van der Waals surface area (Å²) < 4.78 is 38.2. The average Bonchev–Trinajstić information content (AvgIpc) is 2.73. The smallest absolute Gasteiger partial charge is 0.369 e. The van der Waals surface area contributed by atoms with Crippen molar-refractivity contribution in [3.63, 3.8) is 0 Å². The predicted molar refractivity (Wildman–Crippen MR) is 63.3 cm³/mol. The molecule has 0 bridgehead atoms. The minimum Gasteiger partial charge on any atom is -0.369 e. The zero-order valence-corrected chi connectivity index (χ0v) is 10.4. The van der Waals surface area contributed by atoms with Gasteiger partial charge in [-0.15, -0.1) is 0 Å². The van der Waals surface area contributed by atoms with E-state index < -0.39 is 41.1 Å². The fourth-order valence-corrected chi connectivity index (χ4v) is 1.91. The Morgan fingerprint density at radius 2 is 2.00 bits per heavy atom. The summed E-state index contributed by atoms with van der Waals surface area (Å²) in [5.41, 5.74) is 2.40. The highest BCUT2D eigenvalue weighted by Gasteiger charge is 2.39. The number of carbonyl (C=O) groups is 2. The van der Waals surface area contributed by atoms with E-state index in [0.717, 1.165) is 4.90 Å². The van der Waals surface area contributed by atoms with E-state index in [0.29, 0.717) is 4.68 Å². The van der Waals surface area contributed by atoms with Crippen molar-refractivity contribution >= 4 is 17.8 Å². The molecule has 2 rings (SSSR count). The molecule has 0 aromatic carbocycles. The quantitative estimate of drug-likeness (QED) is 0.665. The Labute approximate surface area is 115 Å². The van der Waals surface area contributed by atoms with Crippen LogP contribution in [-0.2, 0) is 15.8 Å². The summed E-state index contributed by atoms with van der Waals surface area (Å²) in [6.07, 6.45) is -5.14. The first-order valence-corrected chi connectivity index (χ1v) is 5.67. The summed E-state index contributed by atoms with van der Waals surface area (Å²) in [4.78, 5) is 38.2. The Morgan fingerprint density at radius 3 is 2.48 bits per heavy atom. The van der Waals surface area contributed by atoms with Crippen LogP contribution in [0, 0.1) is 5.92 Å². The summed E-state index contributed by atoms with van der Waals surface area (Å²) in [6, 6.07) is 0.218. The van der Waals surface area contributed by atoms with Crippen LogP contribution in [-0.4, -0.2) is 28.0 Å². The van der Waals surface area contributed by atoms with Gasteiger partial charge < -0.3 is 11.6 Å². The third-order valence-electron chi connectivity index (χ3n) is 2.99. The maximum absolute atomic E-state index is 12.6. The number of nitrogens with two attached hydrogens (primary N) is 2. The number of halogens is 3. The molecule has 21 heavy (non-hydrogen) atoms. The molecule has 1 saturated heterocycles. The molecular formula is C10H10F3N5O3. The number of anilines is 1. The van der Waals surface area contributed by atoms with Crippen molar-refractivity contribution in [2.45, 2.75) is 12.6 Å². The van der Waals surface area contributed by atoms with Gasteiger partial charge in [-0.25, -0.2) is 4.98 Å². The number of nitrogen functional groups attached to an aromatic ring is 1. The highest BCUT2D eigenvalue weighted by Crippen LogP contribution is 2.29. The molecule has 114 valence electrons. The van der Waals surface area contributed by atoms with Gasteiger partial charge in [0.15, 0.2) is 5.69 Å². The summed E-state index contributed by atoms with van der Waals surface area (Å²) in [7, 11) is 0. The molecule has 0 radical (unpaired) electrons. The summed E-state index contributed by atoms with van der Waals surface area (Å²) in [6.45, 7) is -0.279. The molecule has 1 aromatic rings. The maximum Gasteiger partial charge on any atom is 0.433 e. The molecule has 0 aliphatic carbocycles. The number of aromatic nitrogens is 2. The number of hydrogen-bond acceptors (Lipinski definition) is 5. The van der Waals surface area contributed by atoms with Crippen LogP contribution in [0.2, 0.25) is 0 Å². The first kappa shape index (κ1) is 14.8. The molecule has 1 aliphatic rings. The number of nitrogens with zero attached hydrogens (tertiary/aromatic N) is 3. The van der Waals surface area contributed by atoms with Crippen molar-refractivity contribution in [1.29, 1.82) is 0 Å². The molecule has 8 nitrogen and oxygen atoms in total. The Morgan fingerprint density at radius 1 is 1.38 bits per heavy atom. The van der Waals surface area contributed by atoms with E-state index in [4.69, 9.17) is 11.6 Å². The Kier molecular flexibility index (Phi) is 3.35. The van der Waals surface area contributed by atoms with E-state index in [1.165, 1.54) is 0 Å². The standard InChI is InChI=1S/C10H10F3N5O3/c11-10(12,13)5-2-7(20)18(15)9(16-5)17-3-4(8(14)21)1-6(17)19/h2,4H,1,3,15H2,(H2,14,21). The van der Waals surface area contributed by atoms with E-state index in [1.807, 2.05) is 0 Å². The molecule has 2 amide bonds. The van der Waals surface area contributed by atoms with Crippen LogP contribution in [0.25, 0.3) is 0 Å². The third-order valence-corrected chi connectivity index (χ3v) is 2.99. The van der Waals surface area contributed by atoms with Crippen molar-refractivity contribution in [2.24, 2.45) is 11.7 Å². The van der Waals surface area contributed by atoms with Crippen molar-refractivity contribution in [3.05, 3.63) is 22.1 Å². The zero-order chi connectivity index (χ0) is 15.9.